The number of carbonyl (C=O) groups is 2. The van der Waals surface area contributed by atoms with E-state index < -0.39 is 0 Å². The maximum Gasteiger partial charge on any atom is 0.255 e. The van der Waals surface area contributed by atoms with Gasteiger partial charge in [0.15, 0.2) is 10.8 Å². The smallest absolute Gasteiger partial charge is 0.255 e. The van der Waals surface area contributed by atoms with Gasteiger partial charge in [-0.3, -0.25) is 14.0 Å². The summed E-state index contributed by atoms with van der Waals surface area (Å²) in [5, 5.41) is 13.0. The number of nitrogens with zero attached hydrogens (tertiary/aromatic N) is 5. The molecule has 4 heterocycles. The molecule has 4 rings (SSSR count). The molecule has 0 spiro atoms. The van der Waals surface area contributed by atoms with Gasteiger partial charge in [-0.05, 0) is 25.0 Å². The SMILES string of the molecule is O=C(Nc1nccs1)C1CCCN(C(=O)c2ccc3nncn3c2)C1. The van der Waals surface area contributed by atoms with Gasteiger partial charge in [-0.1, -0.05) is 0 Å². The number of likely N-dealkylation sites (tertiary alicyclic amines) is 1. The topological polar surface area (TPSA) is 92.5 Å². The number of anilines is 1. The molecule has 0 saturated carbocycles. The Kier molecular flexibility index (Phi) is 4.14. The first-order valence-corrected chi connectivity index (χ1v) is 8.88. The highest BCUT2D eigenvalue weighted by molar-refractivity contribution is 7.13. The van der Waals surface area contributed by atoms with Gasteiger partial charge in [0.05, 0.1) is 11.5 Å². The lowest BCUT2D eigenvalue weighted by Gasteiger charge is -2.32. The standard InChI is InChI=1S/C16H16N6O2S/c23-14(19-16-17-5-7-25-16)11-2-1-6-21(8-11)15(24)12-3-4-13-20-18-10-22(13)9-12/h3-5,7,9-11H,1-2,6,8H2,(H,17,19,23). The summed E-state index contributed by atoms with van der Waals surface area (Å²) in [6, 6.07) is 3.50. The van der Waals surface area contributed by atoms with E-state index in [4.69, 9.17) is 0 Å². The van der Waals surface area contributed by atoms with Crippen LogP contribution in [0.1, 0.15) is 23.2 Å². The van der Waals surface area contributed by atoms with Gasteiger partial charge >= 0.3 is 0 Å². The van der Waals surface area contributed by atoms with Crippen molar-refractivity contribution in [2.24, 2.45) is 5.92 Å². The minimum absolute atomic E-state index is 0.0812. The van der Waals surface area contributed by atoms with Crippen LogP contribution in [0.25, 0.3) is 5.65 Å². The lowest BCUT2D eigenvalue weighted by molar-refractivity contribution is -0.121. The van der Waals surface area contributed by atoms with Crippen LogP contribution in [0.5, 0.6) is 0 Å². The summed E-state index contributed by atoms with van der Waals surface area (Å²) in [7, 11) is 0. The number of fused-ring (bicyclic) bond motifs is 1. The average molecular weight is 356 g/mol. The van der Waals surface area contributed by atoms with Crippen molar-refractivity contribution in [3.8, 4) is 0 Å². The average Bonchev–Trinajstić information content (AvgIpc) is 3.32. The zero-order valence-corrected chi connectivity index (χ0v) is 14.1. The van der Waals surface area contributed by atoms with Gasteiger partial charge in [0.2, 0.25) is 5.91 Å². The number of pyridine rings is 1. The molecule has 1 unspecified atom stereocenters. The Morgan fingerprint density at radius 1 is 1.32 bits per heavy atom. The second kappa shape index (κ2) is 6.60. The van der Waals surface area contributed by atoms with E-state index in [1.54, 1.807) is 40.2 Å². The molecule has 128 valence electrons. The maximum atomic E-state index is 12.8. The number of rotatable bonds is 3. The van der Waals surface area contributed by atoms with Crippen molar-refractivity contribution < 1.29 is 9.59 Å². The van der Waals surface area contributed by atoms with Crippen molar-refractivity contribution in [2.45, 2.75) is 12.8 Å². The lowest BCUT2D eigenvalue weighted by Crippen LogP contribution is -2.43. The summed E-state index contributed by atoms with van der Waals surface area (Å²) >= 11 is 1.38. The van der Waals surface area contributed by atoms with Crippen molar-refractivity contribution in [2.75, 3.05) is 18.4 Å². The summed E-state index contributed by atoms with van der Waals surface area (Å²) < 4.78 is 1.71. The predicted molar refractivity (Wildman–Crippen MR) is 92.4 cm³/mol. The molecule has 25 heavy (non-hydrogen) atoms. The quantitative estimate of drug-likeness (QED) is 0.771. The number of hydrogen-bond donors (Lipinski definition) is 1. The van der Waals surface area contributed by atoms with E-state index in [-0.39, 0.29) is 17.7 Å². The van der Waals surface area contributed by atoms with Gasteiger partial charge in [-0.15, -0.1) is 21.5 Å². The number of hydrogen-bond acceptors (Lipinski definition) is 6. The van der Waals surface area contributed by atoms with E-state index >= 15 is 0 Å². The summed E-state index contributed by atoms with van der Waals surface area (Å²) in [5.74, 6) is -0.385. The molecule has 0 radical (unpaired) electrons. The van der Waals surface area contributed by atoms with Crippen molar-refractivity contribution in [1.29, 1.82) is 0 Å². The van der Waals surface area contributed by atoms with E-state index in [2.05, 4.69) is 20.5 Å². The molecule has 1 fully saturated rings. The summed E-state index contributed by atoms with van der Waals surface area (Å²) in [6.45, 7) is 1.07. The first-order valence-electron chi connectivity index (χ1n) is 8.00. The van der Waals surface area contributed by atoms with Gasteiger partial charge in [0, 0.05) is 30.9 Å². The number of piperidine rings is 1. The summed E-state index contributed by atoms with van der Waals surface area (Å²) in [4.78, 5) is 31.0. The van der Waals surface area contributed by atoms with Crippen LogP contribution in [0.15, 0.2) is 36.2 Å². The minimum Gasteiger partial charge on any atom is -0.338 e. The maximum absolute atomic E-state index is 12.8. The second-order valence-electron chi connectivity index (χ2n) is 5.93. The van der Waals surface area contributed by atoms with Crippen molar-refractivity contribution in [3.63, 3.8) is 0 Å². The van der Waals surface area contributed by atoms with Gasteiger partial charge < -0.3 is 10.2 Å². The Bertz CT molecular complexity index is 906. The van der Waals surface area contributed by atoms with Crippen molar-refractivity contribution >= 4 is 33.9 Å². The number of carbonyl (C=O) groups excluding carboxylic acids is 2. The zero-order chi connectivity index (χ0) is 17.2. The van der Waals surface area contributed by atoms with E-state index in [0.717, 1.165) is 12.8 Å². The monoisotopic (exact) mass is 356 g/mol. The van der Waals surface area contributed by atoms with Crippen LogP contribution < -0.4 is 5.32 Å². The first kappa shape index (κ1) is 15.7. The number of amides is 2. The van der Waals surface area contributed by atoms with Crippen molar-refractivity contribution in [1.82, 2.24) is 24.5 Å². The molecule has 1 aliphatic heterocycles. The fourth-order valence-electron chi connectivity index (χ4n) is 3.00. The molecular weight excluding hydrogens is 340 g/mol. The zero-order valence-electron chi connectivity index (χ0n) is 13.3. The van der Waals surface area contributed by atoms with Gasteiger partial charge in [0.25, 0.3) is 5.91 Å². The Labute approximate surface area is 147 Å². The van der Waals surface area contributed by atoms with Crippen LogP contribution in [0.3, 0.4) is 0 Å². The molecule has 0 aromatic carbocycles. The normalized spacial score (nSPS) is 17.6. The van der Waals surface area contributed by atoms with Crippen LogP contribution >= 0.6 is 11.3 Å². The molecule has 1 saturated heterocycles. The third kappa shape index (κ3) is 3.22. The molecule has 1 aliphatic rings. The number of nitrogens with one attached hydrogen (secondary N) is 1. The Morgan fingerprint density at radius 2 is 2.24 bits per heavy atom. The fourth-order valence-corrected chi connectivity index (χ4v) is 3.54. The molecule has 3 aromatic rings. The Balaban J connectivity index is 1.46. The highest BCUT2D eigenvalue weighted by atomic mass is 32.1. The first-order chi connectivity index (χ1) is 12.2. The molecule has 1 atom stereocenters. The second-order valence-corrected chi connectivity index (χ2v) is 6.83. The van der Waals surface area contributed by atoms with Crippen LogP contribution in [0.2, 0.25) is 0 Å². The highest BCUT2D eigenvalue weighted by Crippen LogP contribution is 2.21. The van der Waals surface area contributed by atoms with Crippen molar-refractivity contribution in [3.05, 3.63) is 41.8 Å². The minimum atomic E-state index is -0.222. The molecule has 1 N–H and O–H groups in total. The third-order valence-corrected chi connectivity index (χ3v) is 4.97. The largest absolute Gasteiger partial charge is 0.338 e. The van der Waals surface area contributed by atoms with Gasteiger partial charge in [-0.25, -0.2) is 4.98 Å². The van der Waals surface area contributed by atoms with Gasteiger partial charge in [-0.2, -0.15) is 0 Å². The van der Waals surface area contributed by atoms with Crippen LogP contribution in [0, 0.1) is 5.92 Å². The van der Waals surface area contributed by atoms with E-state index in [1.165, 1.54) is 11.3 Å². The molecule has 2 amide bonds. The van der Waals surface area contributed by atoms with Gasteiger partial charge in [0.1, 0.15) is 6.33 Å². The fraction of sp³-hybridized carbons (Fsp3) is 0.312. The molecule has 9 heteroatoms. The van der Waals surface area contributed by atoms with E-state index in [0.29, 0.717) is 29.4 Å². The van der Waals surface area contributed by atoms with Crippen LogP contribution in [-0.2, 0) is 4.79 Å². The number of aromatic nitrogens is 4. The van der Waals surface area contributed by atoms with Crippen LogP contribution in [-0.4, -0.2) is 49.4 Å². The summed E-state index contributed by atoms with van der Waals surface area (Å²) in [6.07, 6.45) is 6.50. The van der Waals surface area contributed by atoms with E-state index in [9.17, 15) is 9.59 Å². The summed E-state index contributed by atoms with van der Waals surface area (Å²) in [5.41, 5.74) is 1.25. The Morgan fingerprint density at radius 3 is 3.08 bits per heavy atom. The van der Waals surface area contributed by atoms with E-state index in [1.807, 2.05) is 5.38 Å². The molecule has 0 aliphatic carbocycles. The van der Waals surface area contributed by atoms with Crippen LogP contribution in [0.4, 0.5) is 5.13 Å². The lowest BCUT2D eigenvalue weighted by atomic mass is 9.96. The third-order valence-electron chi connectivity index (χ3n) is 4.28. The predicted octanol–water partition coefficient (Wildman–Crippen LogP) is 1.68. The molecule has 0 bridgehead atoms. The molecule has 3 aromatic heterocycles. The molecular formula is C16H16N6O2S. The Hall–Kier alpha value is -2.81. The highest BCUT2D eigenvalue weighted by Gasteiger charge is 2.29. The molecule has 8 nitrogen and oxygen atoms in total. The number of thiazole rings is 1.